The van der Waals surface area contributed by atoms with Gasteiger partial charge in [-0.15, -0.1) is 0 Å². The highest BCUT2D eigenvalue weighted by molar-refractivity contribution is 9.10. The Labute approximate surface area is 141 Å². The summed E-state index contributed by atoms with van der Waals surface area (Å²) in [5, 5.41) is 7.49. The monoisotopic (exact) mass is 387 g/mol. The number of hydrogen-bond donors (Lipinski definition) is 1. The fourth-order valence-electron chi connectivity index (χ4n) is 2.04. The number of benzene rings is 1. The van der Waals surface area contributed by atoms with Crippen LogP contribution in [0.3, 0.4) is 0 Å². The molecule has 2 rings (SSSR count). The molecular formula is C15H16BrClFN3O. The maximum absolute atomic E-state index is 13.7. The second-order valence-corrected chi connectivity index (χ2v) is 6.48. The van der Waals surface area contributed by atoms with Crippen LogP contribution in [-0.2, 0) is 11.3 Å². The van der Waals surface area contributed by atoms with Gasteiger partial charge in [-0.3, -0.25) is 9.48 Å². The summed E-state index contributed by atoms with van der Waals surface area (Å²) < 4.78 is 16.1. The zero-order valence-electron chi connectivity index (χ0n) is 12.5. The molecule has 0 aliphatic carbocycles. The molecule has 0 saturated carbocycles. The molecule has 1 heterocycles. The molecule has 118 valence electrons. The van der Waals surface area contributed by atoms with Crippen LogP contribution in [0, 0.1) is 25.6 Å². The first-order valence-electron chi connectivity index (χ1n) is 6.75. The van der Waals surface area contributed by atoms with Crippen LogP contribution in [-0.4, -0.2) is 15.7 Å². The second-order valence-electron chi connectivity index (χ2n) is 5.18. The van der Waals surface area contributed by atoms with E-state index < -0.39 is 5.82 Å². The predicted octanol–water partition coefficient (Wildman–Crippen LogP) is 4.33. The number of nitrogens with one attached hydrogen (secondary N) is 1. The highest BCUT2D eigenvalue weighted by Crippen LogP contribution is 2.22. The molecule has 1 N–H and O–H groups in total. The number of carbonyl (C=O) groups excluding carboxylic acids is 1. The maximum Gasteiger partial charge on any atom is 0.229 e. The Morgan fingerprint density at radius 1 is 1.50 bits per heavy atom. The number of amides is 1. The van der Waals surface area contributed by atoms with Crippen molar-refractivity contribution in [1.29, 1.82) is 0 Å². The van der Waals surface area contributed by atoms with Crippen LogP contribution in [0.2, 0.25) is 5.02 Å². The van der Waals surface area contributed by atoms with Crippen molar-refractivity contribution < 1.29 is 9.18 Å². The Bertz CT molecular complexity index is 717. The van der Waals surface area contributed by atoms with Crippen molar-refractivity contribution in [2.75, 3.05) is 5.32 Å². The molecule has 1 unspecified atom stereocenters. The van der Waals surface area contributed by atoms with E-state index in [-0.39, 0.29) is 17.5 Å². The van der Waals surface area contributed by atoms with Gasteiger partial charge in [-0.05, 0) is 32.0 Å². The van der Waals surface area contributed by atoms with Gasteiger partial charge in [-0.2, -0.15) is 5.10 Å². The molecule has 1 aromatic heterocycles. The van der Waals surface area contributed by atoms with Gasteiger partial charge in [0.2, 0.25) is 5.91 Å². The first-order valence-corrected chi connectivity index (χ1v) is 7.92. The van der Waals surface area contributed by atoms with Crippen LogP contribution >= 0.6 is 27.5 Å². The smallest absolute Gasteiger partial charge is 0.229 e. The van der Waals surface area contributed by atoms with E-state index in [0.717, 1.165) is 11.4 Å². The topological polar surface area (TPSA) is 46.9 Å². The summed E-state index contributed by atoms with van der Waals surface area (Å²) in [6.07, 6.45) is 0. The van der Waals surface area contributed by atoms with Gasteiger partial charge in [0.25, 0.3) is 0 Å². The third kappa shape index (κ3) is 3.67. The van der Waals surface area contributed by atoms with Gasteiger partial charge in [0, 0.05) is 4.47 Å². The van der Waals surface area contributed by atoms with E-state index in [9.17, 15) is 9.18 Å². The van der Waals surface area contributed by atoms with Crippen LogP contribution in [0.4, 0.5) is 10.1 Å². The first kappa shape index (κ1) is 17.0. The molecule has 2 aromatic rings. The Kier molecular flexibility index (Phi) is 5.24. The van der Waals surface area contributed by atoms with Crippen molar-refractivity contribution >= 4 is 39.1 Å². The molecule has 1 aromatic carbocycles. The molecule has 0 aliphatic heterocycles. The van der Waals surface area contributed by atoms with Crippen LogP contribution in [0.1, 0.15) is 18.3 Å². The summed E-state index contributed by atoms with van der Waals surface area (Å²) in [4.78, 5) is 12.2. The molecule has 22 heavy (non-hydrogen) atoms. The van der Waals surface area contributed by atoms with E-state index in [2.05, 4.69) is 26.3 Å². The summed E-state index contributed by atoms with van der Waals surface area (Å²) in [7, 11) is 0. The van der Waals surface area contributed by atoms with Gasteiger partial charge in [0.05, 0.1) is 34.6 Å². The van der Waals surface area contributed by atoms with Gasteiger partial charge in [0.1, 0.15) is 5.82 Å². The van der Waals surface area contributed by atoms with E-state index >= 15 is 0 Å². The Morgan fingerprint density at radius 3 is 2.73 bits per heavy atom. The highest BCUT2D eigenvalue weighted by atomic mass is 79.9. The van der Waals surface area contributed by atoms with Crippen LogP contribution in [0.25, 0.3) is 0 Å². The fourth-order valence-corrected chi connectivity index (χ4v) is 2.51. The van der Waals surface area contributed by atoms with E-state index in [1.54, 1.807) is 17.7 Å². The number of rotatable bonds is 4. The Morgan fingerprint density at radius 2 is 2.18 bits per heavy atom. The molecule has 0 fully saturated rings. The lowest BCUT2D eigenvalue weighted by molar-refractivity contribution is -0.119. The van der Waals surface area contributed by atoms with Crippen molar-refractivity contribution in [1.82, 2.24) is 9.78 Å². The minimum absolute atomic E-state index is 0.159. The number of hydrogen-bond acceptors (Lipinski definition) is 2. The zero-order chi connectivity index (χ0) is 16.4. The summed E-state index contributed by atoms with van der Waals surface area (Å²) in [6.45, 7) is 5.80. The number of nitrogens with zero attached hydrogens (tertiary/aromatic N) is 2. The molecule has 7 heteroatoms. The first-order chi connectivity index (χ1) is 10.3. The molecule has 0 bridgehead atoms. The molecule has 1 atom stereocenters. The molecule has 0 spiro atoms. The third-order valence-electron chi connectivity index (χ3n) is 3.38. The minimum atomic E-state index is -0.482. The van der Waals surface area contributed by atoms with E-state index in [4.69, 9.17) is 11.6 Å². The number of aryl methyl sites for hydroxylation is 1. The molecule has 1 amide bonds. The predicted molar refractivity (Wildman–Crippen MR) is 88.6 cm³/mol. The van der Waals surface area contributed by atoms with Crippen molar-refractivity contribution in [2.24, 2.45) is 5.92 Å². The molecule has 0 aliphatic rings. The zero-order valence-corrected chi connectivity index (χ0v) is 14.8. The van der Waals surface area contributed by atoms with E-state index in [0.29, 0.717) is 16.0 Å². The summed E-state index contributed by atoms with van der Waals surface area (Å²) in [6, 6.07) is 4.50. The van der Waals surface area contributed by atoms with Gasteiger partial charge >= 0.3 is 0 Å². The van der Waals surface area contributed by atoms with Crippen LogP contribution in [0.15, 0.2) is 22.7 Å². The lowest BCUT2D eigenvalue weighted by Crippen LogP contribution is -2.25. The molecule has 4 nitrogen and oxygen atoms in total. The Balaban J connectivity index is 2.07. The second kappa shape index (κ2) is 6.79. The average Bonchev–Trinajstić information content (AvgIpc) is 2.69. The van der Waals surface area contributed by atoms with Gasteiger partial charge in [-0.25, -0.2) is 4.39 Å². The number of aromatic nitrogens is 2. The fraction of sp³-hybridized carbons (Fsp3) is 0.333. The molecule has 0 saturated heterocycles. The lowest BCUT2D eigenvalue weighted by atomic mass is 10.1. The lowest BCUT2D eigenvalue weighted by Gasteiger charge is -2.14. The van der Waals surface area contributed by atoms with Crippen molar-refractivity contribution in [3.8, 4) is 0 Å². The van der Waals surface area contributed by atoms with E-state index in [1.807, 2.05) is 13.8 Å². The maximum atomic E-state index is 13.7. The van der Waals surface area contributed by atoms with Gasteiger partial charge in [-0.1, -0.05) is 34.5 Å². The largest absolute Gasteiger partial charge is 0.323 e. The highest BCUT2D eigenvalue weighted by Gasteiger charge is 2.18. The summed E-state index contributed by atoms with van der Waals surface area (Å²) in [5.41, 5.74) is 1.70. The number of anilines is 1. The van der Waals surface area contributed by atoms with Crippen molar-refractivity contribution in [2.45, 2.75) is 27.3 Å². The molecule has 0 radical (unpaired) electrons. The SMILES string of the molecule is Cc1nn(CC(C)C(=O)Nc2ccc(Br)cc2F)c(C)c1Cl. The summed E-state index contributed by atoms with van der Waals surface area (Å²) >= 11 is 9.26. The minimum Gasteiger partial charge on any atom is -0.323 e. The van der Waals surface area contributed by atoms with Gasteiger partial charge < -0.3 is 5.32 Å². The average molecular weight is 389 g/mol. The van der Waals surface area contributed by atoms with Crippen LogP contribution < -0.4 is 5.32 Å². The normalized spacial score (nSPS) is 12.3. The van der Waals surface area contributed by atoms with Crippen LogP contribution in [0.5, 0.6) is 0 Å². The van der Waals surface area contributed by atoms with E-state index in [1.165, 1.54) is 12.1 Å². The molecular weight excluding hydrogens is 373 g/mol. The Hall–Kier alpha value is -1.40. The van der Waals surface area contributed by atoms with Crippen molar-refractivity contribution in [3.05, 3.63) is 44.9 Å². The standard InChI is InChI=1S/C15H16BrClFN3O/c1-8(7-21-10(3)14(17)9(2)20-21)15(22)19-13-5-4-11(16)6-12(13)18/h4-6,8H,7H2,1-3H3,(H,19,22). The number of carbonyl (C=O) groups is 1. The quantitative estimate of drug-likeness (QED) is 0.847. The third-order valence-corrected chi connectivity index (χ3v) is 4.42. The summed E-state index contributed by atoms with van der Waals surface area (Å²) in [5.74, 6) is -1.13. The number of halogens is 3. The van der Waals surface area contributed by atoms with Crippen molar-refractivity contribution in [3.63, 3.8) is 0 Å². The van der Waals surface area contributed by atoms with Gasteiger partial charge in [0.15, 0.2) is 0 Å².